The van der Waals surface area contributed by atoms with Crippen molar-refractivity contribution in [2.45, 2.75) is 19.8 Å². The van der Waals surface area contributed by atoms with Crippen LogP contribution >= 0.6 is 0 Å². The average Bonchev–Trinajstić information content (AvgIpc) is 2.45. The molecule has 0 amide bonds. The molecule has 1 aliphatic heterocycles. The highest BCUT2D eigenvalue weighted by Gasteiger charge is 2.24. The molecule has 110 valence electrons. The van der Waals surface area contributed by atoms with Crippen molar-refractivity contribution in [3.8, 4) is 0 Å². The maximum atomic E-state index is 13.1. The van der Waals surface area contributed by atoms with Gasteiger partial charge >= 0.3 is 0 Å². The summed E-state index contributed by atoms with van der Waals surface area (Å²) in [5.74, 6) is 0.0492. The van der Waals surface area contributed by atoms with Gasteiger partial charge in [0.05, 0.1) is 11.0 Å². The quantitative estimate of drug-likeness (QED) is 0.665. The lowest BCUT2D eigenvalue weighted by Gasteiger charge is -2.33. The average molecular weight is 281 g/mol. The number of halogens is 1. The first kappa shape index (κ1) is 14.7. The maximum absolute atomic E-state index is 13.1. The Hall–Kier alpha value is -1.69. The van der Waals surface area contributed by atoms with E-state index in [9.17, 15) is 14.5 Å². The third-order valence-corrected chi connectivity index (χ3v) is 3.77. The summed E-state index contributed by atoms with van der Waals surface area (Å²) in [5, 5.41) is 14.4. The van der Waals surface area contributed by atoms with E-state index in [1.807, 2.05) is 4.90 Å². The molecule has 0 aromatic heterocycles. The lowest BCUT2D eigenvalue weighted by atomic mass is 9.96. The molecule has 0 bridgehead atoms. The molecule has 5 nitrogen and oxygen atoms in total. The van der Waals surface area contributed by atoms with Crippen LogP contribution in [0.25, 0.3) is 0 Å². The van der Waals surface area contributed by atoms with E-state index in [0.717, 1.165) is 45.1 Å². The van der Waals surface area contributed by atoms with Gasteiger partial charge in [-0.1, -0.05) is 6.92 Å². The van der Waals surface area contributed by atoms with Crippen molar-refractivity contribution in [1.82, 2.24) is 5.32 Å². The van der Waals surface area contributed by atoms with Crippen molar-refractivity contribution in [2.75, 3.05) is 31.1 Å². The van der Waals surface area contributed by atoms with Gasteiger partial charge < -0.3 is 10.2 Å². The molecule has 1 aromatic carbocycles. The smallest absolute Gasteiger partial charge is 0.295 e. The van der Waals surface area contributed by atoms with E-state index in [4.69, 9.17) is 0 Å². The first-order valence-corrected chi connectivity index (χ1v) is 7.01. The molecule has 20 heavy (non-hydrogen) atoms. The Labute approximate surface area is 117 Å². The predicted octanol–water partition coefficient (Wildman–Crippen LogP) is 2.56. The van der Waals surface area contributed by atoms with Gasteiger partial charge in [-0.25, -0.2) is 4.39 Å². The molecule has 0 atom stereocenters. The van der Waals surface area contributed by atoms with Crippen molar-refractivity contribution in [1.29, 1.82) is 0 Å². The highest BCUT2D eigenvalue weighted by molar-refractivity contribution is 5.63. The largest absolute Gasteiger partial charge is 0.366 e. The Morgan fingerprint density at radius 1 is 1.45 bits per heavy atom. The van der Waals surface area contributed by atoms with E-state index in [2.05, 4.69) is 12.2 Å². The van der Waals surface area contributed by atoms with Gasteiger partial charge in [0.2, 0.25) is 0 Å². The molecule has 6 heteroatoms. The van der Waals surface area contributed by atoms with Gasteiger partial charge in [0, 0.05) is 13.1 Å². The molecule has 0 spiro atoms. The van der Waals surface area contributed by atoms with Crippen LogP contribution < -0.4 is 10.2 Å². The molecule has 1 heterocycles. The van der Waals surface area contributed by atoms with Crippen LogP contribution in [0.4, 0.5) is 15.8 Å². The van der Waals surface area contributed by atoms with E-state index in [1.165, 1.54) is 12.1 Å². The number of hydrogen-bond donors (Lipinski definition) is 1. The topological polar surface area (TPSA) is 58.4 Å². The second-order valence-corrected chi connectivity index (χ2v) is 5.13. The summed E-state index contributed by atoms with van der Waals surface area (Å²) < 4.78 is 13.1. The summed E-state index contributed by atoms with van der Waals surface area (Å²) in [4.78, 5) is 12.5. The molecule has 0 unspecified atom stereocenters. The second-order valence-electron chi connectivity index (χ2n) is 5.13. The monoisotopic (exact) mass is 281 g/mol. The normalized spacial score (nSPS) is 16.4. The number of hydrogen-bond acceptors (Lipinski definition) is 4. The Balaban J connectivity index is 2.05. The Bertz CT molecular complexity index is 473. The van der Waals surface area contributed by atoms with E-state index in [1.54, 1.807) is 0 Å². The van der Waals surface area contributed by atoms with Gasteiger partial charge in [0.25, 0.3) is 5.69 Å². The third-order valence-electron chi connectivity index (χ3n) is 3.77. The van der Waals surface area contributed by atoms with Crippen molar-refractivity contribution >= 4 is 11.4 Å². The number of piperidine rings is 1. The van der Waals surface area contributed by atoms with Gasteiger partial charge in [-0.2, -0.15) is 0 Å². The van der Waals surface area contributed by atoms with Gasteiger partial charge in [0.1, 0.15) is 11.5 Å². The first-order valence-electron chi connectivity index (χ1n) is 7.01. The van der Waals surface area contributed by atoms with Crippen LogP contribution in [0.3, 0.4) is 0 Å². The third kappa shape index (κ3) is 3.45. The number of benzene rings is 1. The van der Waals surface area contributed by atoms with Crippen LogP contribution in [-0.2, 0) is 0 Å². The number of nitrogens with one attached hydrogen (secondary N) is 1. The zero-order valence-electron chi connectivity index (χ0n) is 11.6. The molecule has 2 rings (SSSR count). The number of anilines is 1. The number of nitrogens with zero attached hydrogens (tertiary/aromatic N) is 2. The van der Waals surface area contributed by atoms with Crippen LogP contribution in [-0.4, -0.2) is 31.1 Å². The maximum Gasteiger partial charge on any atom is 0.295 e. The summed E-state index contributed by atoms with van der Waals surface area (Å²) in [7, 11) is 0. The minimum atomic E-state index is -0.567. The zero-order chi connectivity index (χ0) is 14.5. The summed E-state index contributed by atoms with van der Waals surface area (Å²) >= 11 is 0. The van der Waals surface area contributed by atoms with E-state index in [0.29, 0.717) is 11.6 Å². The molecule has 1 N–H and O–H groups in total. The Kier molecular flexibility index (Phi) is 4.89. The summed E-state index contributed by atoms with van der Waals surface area (Å²) in [6.45, 7) is 5.60. The zero-order valence-corrected chi connectivity index (χ0v) is 11.6. The van der Waals surface area contributed by atoms with Crippen molar-refractivity contribution in [3.05, 3.63) is 34.1 Å². The van der Waals surface area contributed by atoms with Crippen LogP contribution in [0.1, 0.15) is 19.8 Å². The van der Waals surface area contributed by atoms with E-state index >= 15 is 0 Å². The molecule has 0 aliphatic carbocycles. The van der Waals surface area contributed by atoms with Crippen LogP contribution in [0.15, 0.2) is 18.2 Å². The lowest BCUT2D eigenvalue weighted by molar-refractivity contribution is -0.384. The highest BCUT2D eigenvalue weighted by atomic mass is 19.1. The molecule has 0 radical (unpaired) electrons. The minimum Gasteiger partial charge on any atom is -0.366 e. The standard InChI is InChI=1S/C14H20FN3O2/c1-2-16-10-11-5-7-17(8-6-11)13-4-3-12(15)9-14(13)18(19)20/h3-4,9,11,16H,2,5-8,10H2,1H3. The van der Waals surface area contributed by atoms with Gasteiger partial charge in [-0.3, -0.25) is 10.1 Å². The van der Waals surface area contributed by atoms with Gasteiger partial charge in [0.15, 0.2) is 0 Å². The molecule has 1 aliphatic rings. The molecule has 1 aromatic rings. The fraction of sp³-hybridized carbons (Fsp3) is 0.571. The van der Waals surface area contributed by atoms with E-state index in [-0.39, 0.29) is 5.69 Å². The molecule has 1 saturated heterocycles. The summed E-state index contributed by atoms with van der Waals surface area (Å²) in [6, 6.07) is 3.80. The van der Waals surface area contributed by atoms with Crippen LogP contribution in [0, 0.1) is 21.8 Å². The molecule has 0 saturated carbocycles. The van der Waals surface area contributed by atoms with Gasteiger partial charge in [-0.05, 0) is 44.0 Å². The highest BCUT2D eigenvalue weighted by Crippen LogP contribution is 2.31. The van der Waals surface area contributed by atoms with Crippen molar-refractivity contribution in [2.24, 2.45) is 5.92 Å². The molecular weight excluding hydrogens is 261 g/mol. The van der Waals surface area contributed by atoms with Gasteiger partial charge in [-0.15, -0.1) is 0 Å². The summed E-state index contributed by atoms with van der Waals surface area (Å²) in [5.41, 5.74) is 0.383. The lowest BCUT2D eigenvalue weighted by Crippen LogP contribution is -2.37. The SMILES string of the molecule is CCNCC1CCN(c2ccc(F)cc2[N+](=O)[O-])CC1. The summed E-state index contributed by atoms with van der Waals surface area (Å²) in [6.07, 6.45) is 2.00. The van der Waals surface area contributed by atoms with Crippen LogP contribution in [0.5, 0.6) is 0 Å². The minimum absolute atomic E-state index is 0.143. The molecular formula is C14H20FN3O2. The fourth-order valence-electron chi connectivity index (χ4n) is 2.64. The molecule has 1 fully saturated rings. The van der Waals surface area contributed by atoms with Crippen molar-refractivity contribution in [3.63, 3.8) is 0 Å². The fourth-order valence-corrected chi connectivity index (χ4v) is 2.64. The Morgan fingerprint density at radius 3 is 2.75 bits per heavy atom. The first-order chi connectivity index (χ1) is 9.61. The second kappa shape index (κ2) is 6.65. The number of nitro groups is 1. The number of nitro benzene ring substituents is 1. The van der Waals surface area contributed by atoms with Crippen molar-refractivity contribution < 1.29 is 9.31 Å². The predicted molar refractivity (Wildman–Crippen MR) is 76.5 cm³/mol. The van der Waals surface area contributed by atoms with Crippen LogP contribution in [0.2, 0.25) is 0 Å². The Morgan fingerprint density at radius 2 is 2.15 bits per heavy atom. The number of rotatable bonds is 5. The van der Waals surface area contributed by atoms with E-state index < -0.39 is 10.7 Å².